The third kappa shape index (κ3) is 1.91. The van der Waals surface area contributed by atoms with Crippen LogP contribution < -0.4 is 0 Å². The minimum Gasteiger partial charge on any atom is -0.379 e. The molecule has 1 fully saturated rings. The van der Waals surface area contributed by atoms with Crippen LogP contribution in [0.15, 0.2) is 4.99 Å². The molecule has 3 heteroatoms. The van der Waals surface area contributed by atoms with Crippen LogP contribution >= 0.6 is 11.8 Å². The first-order chi connectivity index (χ1) is 6.22. The van der Waals surface area contributed by atoms with E-state index in [9.17, 15) is 0 Å². The highest BCUT2D eigenvalue weighted by Crippen LogP contribution is 2.36. The molecule has 1 saturated heterocycles. The summed E-state index contributed by atoms with van der Waals surface area (Å²) >= 11 is 1.93. The van der Waals surface area contributed by atoms with Crippen LogP contribution in [-0.4, -0.2) is 29.5 Å². The van der Waals surface area contributed by atoms with Gasteiger partial charge in [-0.2, -0.15) is 0 Å². The van der Waals surface area contributed by atoms with E-state index in [0.717, 1.165) is 19.0 Å². The van der Waals surface area contributed by atoms with Crippen molar-refractivity contribution in [3.8, 4) is 0 Å². The van der Waals surface area contributed by atoms with Gasteiger partial charge in [0.05, 0.1) is 17.2 Å². The monoisotopic (exact) mass is 199 g/mol. The zero-order chi connectivity index (χ0) is 9.31. The molecular weight excluding hydrogens is 182 g/mol. The molecular formula is C10H17NOS. The summed E-state index contributed by atoms with van der Waals surface area (Å²) in [5.41, 5.74) is 0.155. The average Bonchev–Trinajstić information content (AvgIpc) is 2.51. The van der Waals surface area contributed by atoms with Crippen molar-refractivity contribution in [2.24, 2.45) is 10.9 Å². The minimum atomic E-state index is 0.155. The molecule has 0 radical (unpaired) electrons. The van der Waals surface area contributed by atoms with Gasteiger partial charge < -0.3 is 4.74 Å². The first-order valence-electron chi connectivity index (χ1n) is 5.02. The van der Waals surface area contributed by atoms with Gasteiger partial charge in [0.1, 0.15) is 0 Å². The number of rotatable bonds is 1. The van der Waals surface area contributed by atoms with E-state index in [1.807, 2.05) is 11.8 Å². The van der Waals surface area contributed by atoms with E-state index in [2.05, 4.69) is 13.8 Å². The summed E-state index contributed by atoms with van der Waals surface area (Å²) in [5.74, 6) is 1.73. The normalized spacial score (nSPS) is 34.2. The van der Waals surface area contributed by atoms with Crippen LogP contribution in [-0.2, 0) is 4.74 Å². The van der Waals surface area contributed by atoms with E-state index in [4.69, 9.17) is 9.73 Å². The number of hydrogen-bond acceptors (Lipinski definition) is 3. The van der Waals surface area contributed by atoms with Crippen molar-refractivity contribution in [2.45, 2.75) is 32.2 Å². The van der Waals surface area contributed by atoms with E-state index in [0.29, 0.717) is 5.92 Å². The quantitative estimate of drug-likeness (QED) is 0.646. The fraction of sp³-hybridized carbons (Fsp3) is 0.900. The first kappa shape index (κ1) is 9.53. The van der Waals surface area contributed by atoms with Crippen molar-refractivity contribution in [1.29, 1.82) is 0 Å². The molecule has 0 aromatic rings. The zero-order valence-corrected chi connectivity index (χ0v) is 9.19. The summed E-state index contributed by atoms with van der Waals surface area (Å²) in [6.07, 6.45) is 2.39. The summed E-state index contributed by atoms with van der Waals surface area (Å²) in [6.45, 7) is 6.21. The predicted octanol–water partition coefficient (Wildman–Crippen LogP) is 2.34. The molecule has 0 aromatic carbocycles. The van der Waals surface area contributed by atoms with E-state index >= 15 is 0 Å². The second-order valence-corrected chi connectivity index (χ2v) is 5.27. The molecule has 0 N–H and O–H groups in total. The molecule has 2 aliphatic rings. The van der Waals surface area contributed by atoms with Crippen LogP contribution in [0.25, 0.3) is 0 Å². The van der Waals surface area contributed by atoms with E-state index in [1.54, 1.807) is 0 Å². The maximum absolute atomic E-state index is 5.51. The van der Waals surface area contributed by atoms with Crippen molar-refractivity contribution in [3.63, 3.8) is 0 Å². The van der Waals surface area contributed by atoms with Crippen LogP contribution in [0.4, 0.5) is 0 Å². The molecule has 1 spiro atoms. The van der Waals surface area contributed by atoms with Crippen LogP contribution in [0, 0.1) is 5.92 Å². The number of aliphatic imine (C=N–C) groups is 1. The van der Waals surface area contributed by atoms with Crippen molar-refractivity contribution in [2.75, 3.05) is 19.0 Å². The molecule has 2 nitrogen and oxygen atoms in total. The summed E-state index contributed by atoms with van der Waals surface area (Å²) in [4.78, 5) is 4.83. The SMILES string of the molecule is CC(C)C1=NC2(CCCOC2)CS1. The van der Waals surface area contributed by atoms with Crippen LogP contribution in [0.2, 0.25) is 0 Å². The molecule has 2 heterocycles. The molecule has 0 amide bonds. The average molecular weight is 199 g/mol. The lowest BCUT2D eigenvalue weighted by Gasteiger charge is -2.29. The second kappa shape index (κ2) is 3.62. The zero-order valence-electron chi connectivity index (χ0n) is 8.38. The Balaban J connectivity index is 2.08. The molecule has 0 saturated carbocycles. The third-order valence-electron chi connectivity index (χ3n) is 2.63. The Morgan fingerprint density at radius 1 is 1.54 bits per heavy atom. The van der Waals surface area contributed by atoms with Gasteiger partial charge in [-0.25, -0.2) is 0 Å². The lowest BCUT2D eigenvalue weighted by Crippen LogP contribution is -2.37. The summed E-state index contributed by atoms with van der Waals surface area (Å²) in [6, 6.07) is 0. The highest BCUT2D eigenvalue weighted by molar-refractivity contribution is 8.14. The Hall–Kier alpha value is -0.0200. The smallest absolute Gasteiger partial charge is 0.0944 e. The molecule has 0 bridgehead atoms. The fourth-order valence-electron chi connectivity index (χ4n) is 1.84. The van der Waals surface area contributed by atoms with Crippen molar-refractivity contribution >= 4 is 16.8 Å². The van der Waals surface area contributed by atoms with Gasteiger partial charge in [0.25, 0.3) is 0 Å². The molecule has 2 aliphatic heterocycles. The number of hydrogen-bond donors (Lipinski definition) is 0. The summed E-state index contributed by atoms with van der Waals surface area (Å²) in [5, 5.41) is 1.32. The Morgan fingerprint density at radius 2 is 2.38 bits per heavy atom. The third-order valence-corrected chi connectivity index (χ3v) is 4.17. The molecule has 0 aromatic heterocycles. The van der Waals surface area contributed by atoms with E-state index in [1.165, 1.54) is 17.9 Å². The standard InChI is InChI=1S/C10H17NOS/c1-8(2)9-11-10(7-13-9)4-3-5-12-6-10/h8H,3-7H2,1-2H3. The fourth-order valence-corrected chi connectivity index (χ4v) is 3.14. The topological polar surface area (TPSA) is 21.6 Å². The molecule has 1 atom stereocenters. The molecule has 1 unspecified atom stereocenters. The van der Waals surface area contributed by atoms with Gasteiger partial charge in [0.2, 0.25) is 0 Å². The van der Waals surface area contributed by atoms with Crippen LogP contribution in [0.1, 0.15) is 26.7 Å². The second-order valence-electron chi connectivity index (χ2n) is 4.27. The van der Waals surface area contributed by atoms with E-state index in [-0.39, 0.29) is 5.54 Å². The number of thioether (sulfide) groups is 1. The van der Waals surface area contributed by atoms with Crippen LogP contribution in [0.3, 0.4) is 0 Å². The molecule has 0 aliphatic carbocycles. The molecule has 74 valence electrons. The minimum absolute atomic E-state index is 0.155. The maximum Gasteiger partial charge on any atom is 0.0944 e. The van der Waals surface area contributed by atoms with Gasteiger partial charge in [-0.05, 0) is 12.8 Å². The Kier molecular flexibility index (Phi) is 2.65. The number of nitrogens with zero attached hydrogens (tertiary/aromatic N) is 1. The predicted molar refractivity (Wildman–Crippen MR) is 57.5 cm³/mol. The van der Waals surface area contributed by atoms with Gasteiger partial charge in [-0.1, -0.05) is 13.8 Å². The molecule has 13 heavy (non-hydrogen) atoms. The Morgan fingerprint density at radius 3 is 2.92 bits per heavy atom. The lowest BCUT2D eigenvalue weighted by molar-refractivity contribution is 0.0496. The van der Waals surface area contributed by atoms with Gasteiger partial charge >= 0.3 is 0 Å². The highest BCUT2D eigenvalue weighted by atomic mass is 32.2. The summed E-state index contributed by atoms with van der Waals surface area (Å²) < 4.78 is 5.51. The Labute approximate surface area is 84.1 Å². The maximum atomic E-state index is 5.51. The van der Waals surface area contributed by atoms with Gasteiger partial charge in [0.15, 0.2) is 0 Å². The Bertz CT molecular complexity index is 219. The lowest BCUT2D eigenvalue weighted by atomic mass is 9.95. The number of ether oxygens (including phenoxy) is 1. The summed E-state index contributed by atoms with van der Waals surface area (Å²) in [7, 11) is 0. The van der Waals surface area contributed by atoms with Gasteiger partial charge in [-0.15, -0.1) is 11.8 Å². The highest BCUT2D eigenvalue weighted by Gasteiger charge is 2.37. The van der Waals surface area contributed by atoms with Crippen molar-refractivity contribution < 1.29 is 4.74 Å². The van der Waals surface area contributed by atoms with Gasteiger partial charge in [-0.3, -0.25) is 4.99 Å². The van der Waals surface area contributed by atoms with Gasteiger partial charge in [0, 0.05) is 18.3 Å². The first-order valence-corrected chi connectivity index (χ1v) is 6.01. The van der Waals surface area contributed by atoms with Crippen LogP contribution in [0.5, 0.6) is 0 Å². The van der Waals surface area contributed by atoms with Crippen molar-refractivity contribution in [3.05, 3.63) is 0 Å². The largest absolute Gasteiger partial charge is 0.379 e. The van der Waals surface area contributed by atoms with Crippen molar-refractivity contribution in [1.82, 2.24) is 0 Å². The van der Waals surface area contributed by atoms with E-state index < -0.39 is 0 Å². The molecule has 2 rings (SSSR count).